The van der Waals surface area contributed by atoms with E-state index in [0.717, 1.165) is 31.5 Å². The second-order valence-corrected chi connectivity index (χ2v) is 6.18. The summed E-state index contributed by atoms with van der Waals surface area (Å²) in [5, 5.41) is 4.16. The van der Waals surface area contributed by atoms with E-state index < -0.39 is 5.60 Å². The van der Waals surface area contributed by atoms with Crippen molar-refractivity contribution in [3.05, 3.63) is 18.0 Å². The Hall–Kier alpha value is -1.36. The lowest BCUT2D eigenvalue weighted by Gasteiger charge is -2.27. The zero-order valence-corrected chi connectivity index (χ0v) is 12.2. The molecule has 106 valence electrons. The van der Waals surface area contributed by atoms with Crippen LogP contribution in [0.5, 0.6) is 0 Å². The molecule has 2 heterocycles. The van der Waals surface area contributed by atoms with Crippen molar-refractivity contribution in [1.82, 2.24) is 14.7 Å². The summed E-state index contributed by atoms with van der Waals surface area (Å²) in [5.41, 5.74) is 0.720. The quantitative estimate of drug-likeness (QED) is 0.781. The molecule has 1 aliphatic rings. The molecule has 1 aromatic heterocycles. The summed E-state index contributed by atoms with van der Waals surface area (Å²) >= 11 is 0. The summed E-state index contributed by atoms with van der Waals surface area (Å²) in [6.07, 6.45) is 5.77. The fourth-order valence-electron chi connectivity index (χ4n) is 2.44. The molecule has 0 radical (unpaired) electrons. The van der Waals surface area contributed by atoms with Crippen molar-refractivity contribution < 1.29 is 9.53 Å². The van der Waals surface area contributed by atoms with Crippen LogP contribution in [0.2, 0.25) is 0 Å². The van der Waals surface area contributed by atoms with E-state index in [-0.39, 0.29) is 12.0 Å². The predicted molar refractivity (Wildman–Crippen MR) is 72.5 cm³/mol. The number of likely N-dealkylation sites (tertiary alicyclic amines) is 1. The molecular formula is C14H23N3O2. The molecule has 1 saturated heterocycles. The van der Waals surface area contributed by atoms with Gasteiger partial charge in [0.1, 0.15) is 11.6 Å². The van der Waals surface area contributed by atoms with Crippen LogP contribution in [0.15, 0.2) is 12.4 Å². The van der Waals surface area contributed by atoms with Gasteiger partial charge in [0.15, 0.2) is 0 Å². The van der Waals surface area contributed by atoms with E-state index in [4.69, 9.17) is 4.74 Å². The Morgan fingerprint density at radius 1 is 1.53 bits per heavy atom. The third kappa shape index (κ3) is 3.80. The zero-order chi connectivity index (χ0) is 14.0. The fourth-order valence-corrected chi connectivity index (χ4v) is 2.44. The van der Waals surface area contributed by atoms with Crippen molar-refractivity contribution in [2.24, 2.45) is 7.05 Å². The van der Waals surface area contributed by atoms with Crippen molar-refractivity contribution in [3.63, 3.8) is 0 Å². The minimum atomic E-state index is -0.417. The van der Waals surface area contributed by atoms with Crippen LogP contribution in [0.3, 0.4) is 0 Å². The highest BCUT2D eigenvalue weighted by Gasteiger charge is 2.34. The van der Waals surface area contributed by atoms with Crippen LogP contribution in [0.4, 0.5) is 0 Å². The zero-order valence-electron chi connectivity index (χ0n) is 12.2. The first-order chi connectivity index (χ1) is 8.85. The molecule has 0 aliphatic carbocycles. The highest BCUT2D eigenvalue weighted by Crippen LogP contribution is 2.22. The number of aryl methyl sites for hydroxylation is 1. The molecule has 1 aromatic rings. The first-order valence-corrected chi connectivity index (χ1v) is 6.79. The maximum absolute atomic E-state index is 12.2. The van der Waals surface area contributed by atoms with E-state index in [2.05, 4.69) is 10.00 Å². The number of ether oxygens (including phenoxy) is 1. The standard InChI is InChI=1S/C14H23N3O2/c1-14(2,3)19-13(18)12-6-5-7-17(12)10-11-8-15-16(4)9-11/h8-9,12H,5-7,10H2,1-4H3/t12-/m0/s1. The monoisotopic (exact) mass is 265 g/mol. The van der Waals surface area contributed by atoms with Gasteiger partial charge in [-0.3, -0.25) is 14.4 Å². The van der Waals surface area contributed by atoms with Crippen LogP contribution < -0.4 is 0 Å². The third-order valence-corrected chi connectivity index (χ3v) is 3.19. The van der Waals surface area contributed by atoms with E-state index in [1.165, 1.54) is 0 Å². The Labute approximate surface area is 114 Å². The molecule has 5 heteroatoms. The first-order valence-electron chi connectivity index (χ1n) is 6.79. The highest BCUT2D eigenvalue weighted by molar-refractivity contribution is 5.76. The Morgan fingerprint density at radius 3 is 2.84 bits per heavy atom. The Balaban J connectivity index is 1.98. The first kappa shape index (κ1) is 14.1. The van der Waals surface area contributed by atoms with Gasteiger partial charge in [-0.2, -0.15) is 5.10 Å². The molecular weight excluding hydrogens is 242 g/mol. The Kier molecular flexibility index (Phi) is 3.94. The highest BCUT2D eigenvalue weighted by atomic mass is 16.6. The molecule has 1 aliphatic heterocycles. The largest absolute Gasteiger partial charge is 0.459 e. The van der Waals surface area contributed by atoms with E-state index in [1.54, 1.807) is 4.68 Å². The normalized spacial score (nSPS) is 20.7. The molecule has 0 saturated carbocycles. The molecule has 2 rings (SSSR count). The van der Waals surface area contributed by atoms with Crippen LogP contribution >= 0.6 is 0 Å². The van der Waals surface area contributed by atoms with Crippen LogP contribution in [0.1, 0.15) is 39.2 Å². The molecule has 19 heavy (non-hydrogen) atoms. The van der Waals surface area contributed by atoms with Gasteiger partial charge in [0.25, 0.3) is 0 Å². The lowest BCUT2D eigenvalue weighted by Crippen LogP contribution is -2.40. The summed E-state index contributed by atoms with van der Waals surface area (Å²) in [6.45, 7) is 7.43. The molecule has 0 spiro atoms. The molecule has 1 fully saturated rings. The van der Waals surface area contributed by atoms with E-state index in [9.17, 15) is 4.79 Å². The topological polar surface area (TPSA) is 47.4 Å². The lowest BCUT2D eigenvalue weighted by atomic mass is 10.1. The van der Waals surface area contributed by atoms with Crippen molar-refractivity contribution in [2.45, 2.75) is 51.8 Å². The number of nitrogens with zero attached hydrogens (tertiary/aromatic N) is 3. The number of hydrogen-bond acceptors (Lipinski definition) is 4. The van der Waals surface area contributed by atoms with E-state index in [1.807, 2.05) is 40.2 Å². The lowest BCUT2D eigenvalue weighted by molar-refractivity contribution is -0.160. The minimum absolute atomic E-state index is 0.103. The summed E-state index contributed by atoms with van der Waals surface area (Å²) < 4.78 is 7.28. The third-order valence-electron chi connectivity index (χ3n) is 3.19. The second kappa shape index (κ2) is 5.33. The molecule has 5 nitrogen and oxygen atoms in total. The van der Waals surface area contributed by atoms with Gasteiger partial charge >= 0.3 is 5.97 Å². The van der Waals surface area contributed by atoms with Gasteiger partial charge in [0.2, 0.25) is 0 Å². The number of carbonyl (C=O) groups is 1. The van der Waals surface area contributed by atoms with Crippen LogP contribution in [0, 0.1) is 0 Å². The number of hydrogen-bond donors (Lipinski definition) is 0. The van der Waals surface area contributed by atoms with Crippen LogP contribution in [-0.4, -0.2) is 38.8 Å². The van der Waals surface area contributed by atoms with Gasteiger partial charge < -0.3 is 4.74 Å². The van der Waals surface area contributed by atoms with Crippen molar-refractivity contribution in [3.8, 4) is 0 Å². The predicted octanol–water partition coefficient (Wildman–Crippen LogP) is 1.73. The van der Waals surface area contributed by atoms with Gasteiger partial charge in [0, 0.05) is 25.4 Å². The smallest absolute Gasteiger partial charge is 0.323 e. The maximum Gasteiger partial charge on any atom is 0.323 e. The average molecular weight is 265 g/mol. The Bertz CT molecular complexity index is 448. The number of aromatic nitrogens is 2. The summed E-state index contributed by atoms with van der Waals surface area (Å²) in [5.74, 6) is -0.103. The van der Waals surface area contributed by atoms with E-state index >= 15 is 0 Å². The number of rotatable bonds is 3. The van der Waals surface area contributed by atoms with Crippen LogP contribution in [0.25, 0.3) is 0 Å². The van der Waals surface area contributed by atoms with Gasteiger partial charge in [-0.15, -0.1) is 0 Å². The molecule has 0 unspecified atom stereocenters. The van der Waals surface area contributed by atoms with Crippen molar-refractivity contribution >= 4 is 5.97 Å². The van der Waals surface area contributed by atoms with E-state index in [0.29, 0.717) is 0 Å². The van der Waals surface area contributed by atoms with Crippen LogP contribution in [-0.2, 0) is 23.1 Å². The van der Waals surface area contributed by atoms with Gasteiger partial charge in [-0.25, -0.2) is 0 Å². The van der Waals surface area contributed by atoms with Gasteiger partial charge in [-0.1, -0.05) is 0 Å². The molecule has 0 N–H and O–H groups in total. The maximum atomic E-state index is 12.2. The van der Waals surface area contributed by atoms with Crippen molar-refractivity contribution in [1.29, 1.82) is 0 Å². The summed E-state index contributed by atoms with van der Waals surface area (Å²) in [6, 6.07) is -0.112. The van der Waals surface area contributed by atoms with Gasteiger partial charge in [-0.05, 0) is 40.2 Å². The van der Waals surface area contributed by atoms with Crippen molar-refractivity contribution in [2.75, 3.05) is 6.54 Å². The molecule has 0 bridgehead atoms. The number of esters is 1. The summed E-state index contributed by atoms with van der Waals surface area (Å²) in [7, 11) is 1.90. The molecule has 0 aromatic carbocycles. The average Bonchev–Trinajstić information content (AvgIpc) is 2.86. The minimum Gasteiger partial charge on any atom is -0.459 e. The SMILES string of the molecule is Cn1cc(CN2CCC[C@H]2C(=O)OC(C)(C)C)cn1. The number of carbonyl (C=O) groups excluding carboxylic acids is 1. The fraction of sp³-hybridized carbons (Fsp3) is 0.714. The molecule has 1 atom stereocenters. The van der Waals surface area contributed by atoms with Gasteiger partial charge in [0.05, 0.1) is 6.20 Å². The second-order valence-electron chi connectivity index (χ2n) is 6.18. The molecule has 0 amide bonds. The summed E-state index contributed by atoms with van der Waals surface area (Å²) in [4.78, 5) is 14.4. The Morgan fingerprint density at radius 2 is 2.26 bits per heavy atom.